The van der Waals surface area contributed by atoms with E-state index in [2.05, 4.69) is 11.1 Å². The van der Waals surface area contributed by atoms with Gasteiger partial charge in [0.15, 0.2) is 0 Å². The molecule has 20 heavy (non-hydrogen) atoms. The van der Waals surface area contributed by atoms with Crippen molar-refractivity contribution in [3.63, 3.8) is 0 Å². The van der Waals surface area contributed by atoms with Crippen LogP contribution in [0.15, 0.2) is 11.1 Å². The molecule has 8 saturated carbocycles. The molecule has 0 N–H and O–H groups in total. The van der Waals surface area contributed by atoms with Gasteiger partial charge >= 0.3 is 0 Å². The van der Waals surface area contributed by atoms with Crippen LogP contribution in [0, 0.1) is 94.7 Å². The highest BCUT2D eigenvalue weighted by Gasteiger charge is 2.90. The average Bonchev–Trinajstić information content (AvgIpc) is 3.11. The Bertz CT molecular complexity index is 660. The Balaban J connectivity index is 1.54. The SMILES string of the molecule is C1[C@@H]2C3C4[C@@H]5[C@H]6[C@@H]7C8=C([C@H]1[C@@H]7[C@@H]52)[C@@H]1C[C@H]3[C@@H]2[C@H]4[C@H]6[C@H]8[C@@H]21. The summed E-state index contributed by atoms with van der Waals surface area (Å²) in [5.41, 5.74) is 4.40. The molecule has 0 unspecified atom stereocenters. The summed E-state index contributed by atoms with van der Waals surface area (Å²) < 4.78 is 0. The van der Waals surface area contributed by atoms with Crippen LogP contribution in [-0.4, -0.2) is 0 Å². The minimum atomic E-state index is 1.16. The minimum absolute atomic E-state index is 1.16. The van der Waals surface area contributed by atoms with E-state index in [4.69, 9.17) is 0 Å². The van der Waals surface area contributed by atoms with Gasteiger partial charge in [-0.25, -0.2) is 0 Å². The van der Waals surface area contributed by atoms with Gasteiger partial charge in [-0.15, -0.1) is 0 Å². The van der Waals surface area contributed by atoms with Crippen LogP contribution < -0.4 is 0 Å². The Morgan fingerprint density at radius 1 is 0.450 bits per heavy atom. The zero-order valence-electron chi connectivity index (χ0n) is 11.7. The summed E-state index contributed by atoms with van der Waals surface area (Å²) in [7, 11) is 0. The van der Waals surface area contributed by atoms with E-state index in [0.717, 1.165) is 11.8 Å². The maximum absolute atomic E-state index is 2.21. The third-order valence-electron chi connectivity index (χ3n) is 11.9. The number of fused-ring (bicyclic) bond motifs is 4. The topological polar surface area (TPSA) is 0 Å². The number of allylic oxidation sites excluding steroid dienone is 2. The molecule has 0 aromatic carbocycles. The van der Waals surface area contributed by atoms with Gasteiger partial charge in [0.25, 0.3) is 0 Å². The monoisotopic (exact) mass is 260 g/mol. The van der Waals surface area contributed by atoms with Crippen molar-refractivity contribution < 1.29 is 0 Å². The first-order chi connectivity index (χ1) is 9.97. The molecular formula is C20H20. The summed E-state index contributed by atoms with van der Waals surface area (Å²) in [5, 5.41) is 0. The molecule has 0 heteroatoms. The molecule has 0 aromatic heterocycles. The molecule has 8 fully saturated rings. The Hall–Kier alpha value is -0.260. The van der Waals surface area contributed by atoms with Crippen LogP contribution in [0.2, 0.25) is 0 Å². The highest BCUT2D eigenvalue weighted by atomic mass is 14.9. The first-order valence-corrected chi connectivity index (χ1v) is 9.70. The van der Waals surface area contributed by atoms with Crippen LogP contribution in [0.25, 0.3) is 0 Å². The zero-order chi connectivity index (χ0) is 11.8. The predicted octanol–water partition coefficient (Wildman–Crippen LogP) is 3.06. The molecule has 0 nitrogen and oxygen atoms in total. The average molecular weight is 260 g/mol. The van der Waals surface area contributed by atoms with Crippen LogP contribution in [-0.2, 0) is 0 Å². The van der Waals surface area contributed by atoms with Gasteiger partial charge in [0, 0.05) is 0 Å². The fourth-order valence-corrected chi connectivity index (χ4v) is 13.2. The van der Waals surface area contributed by atoms with Crippen molar-refractivity contribution in [3.8, 4) is 0 Å². The Kier molecular flexibility index (Phi) is 0.797. The highest BCUT2D eigenvalue weighted by molar-refractivity contribution is 5.54. The van der Waals surface area contributed by atoms with Crippen LogP contribution in [0.3, 0.4) is 0 Å². The molecule has 14 atom stereocenters. The molecule has 10 aliphatic rings. The highest BCUT2D eigenvalue weighted by Crippen LogP contribution is 2.95. The van der Waals surface area contributed by atoms with Crippen molar-refractivity contribution in [2.45, 2.75) is 12.8 Å². The zero-order valence-corrected chi connectivity index (χ0v) is 11.7. The summed E-state index contributed by atoms with van der Waals surface area (Å²) in [6, 6.07) is 0. The Morgan fingerprint density at radius 3 is 1.60 bits per heavy atom. The molecule has 0 aliphatic heterocycles. The molecular weight excluding hydrogens is 240 g/mol. The van der Waals surface area contributed by atoms with E-state index in [1.54, 1.807) is 12.8 Å². The lowest BCUT2D eigenvalue weighted by Crippen LogP contribution is -2.24. The predicted molar refractivity (Wildman–Crippen MR) is 72.1 cm³/mol. The standard InChI is InChI=1S/C20H20/c1-3-7-5-2-6-8-4(1)10-9(3)15-13(7)17-11(5)12(6)18-14(8)16(10)19(15)20(17)18/h3-7,9-13,15-20H,1-2H2/t3-,4+,5-,6+,7?,9+,10-,11+,12-,13?,15-,16+,17-,18+,19+,20+/m1/s1. The van der Waals surface area contributed by atoms with Gasteiger partial charge in [0.1, 0.15) is 0 Å². The van der Waals surface area contributed by atoms with E-state index in [1.807, 2.05) is 0 Å². The fraction of sp³-hybridized carbons (Fsp3) is 0.900. The molecule has 0 amide bonds. The van der Waals surface area contributed by atoms with E-state index in [1.165, 1.54) is 82.9 Å². The van der Waals surface area contributed by atoms with E-state index >= 15 is 0 Å². The number of hydrogen-bond acceptors (Lipinski definition) is 0. The van der Waals surface area contributed by atoms with Gasteiger partial charge in [0.05, 0.1) is 0 Å². The van der Waals surface area contributed by atoms with Crippen molar-refractivity contribution in [2.75, 3.05) is 0 Å². The van der Waals surface area contributed by atoms with Crippen molar-refractivity contribution >= 4 is 0 Å². The minimum Gasteiger partial charge on any atom is -0.0636 e. The van der Waals surface area contributed by atoms with Gasteiger partial charge in [-0.1, -0.05) is 11.1 Å². The summed E-state index contributed by atoms with van der Waals surface area (Å²) in [6.07, 6.45) is 3.40. The molecule has 0 spiro atoms. The molecule has 0 bridgehead atoms. The lowest BCUT2D eigenvalue weighted by molar-refractivity contribution is 0.211. The molecule has 10 rings (SSSR count). The third kappa shape index (κ3) is 0.428. The summed E-state index contributed by atoms with van der Waals surface area (Å²) in [5.74, 6) is 19.9. The van der Waals surface area contributed by atoms with Crippen LogP contribution in [0.1, 0.15) is 12.8 Å². The van der Waals surface area contributed by atoms with Gasteiger partial charge in [-0.3, -0.25) is 0 Å². The van der Waals surface area contributed by atoms with Gasteiger partial charge in [-0.05, 0) is 108 Å². The van der Waals surface area contributed by atoms with E-state index in [9.17, 15) is 0 Å². The van der Waals surface area contributed by atoms with E-state index in [-0.39, 0.29) is 0 Å². The fourth-order valence-electron chi connectivity index (χ4n) is 13.2. The van der Waals surface area contributed by atoms with Gasteiger partial charge in [0.2, 0.25) is 0 Å². The molecule has 0 heterocycles. The second-order valence-electron chi connectivity index (χ2n) is 10.7. The molecule has 0 aromatic rings. The molecule has 0 saturated heterocycles. The van der Waals surface area contributed by atoms with Crippen LogP contribution >= 0.6 is 0 Å². The second kappa shape index (κ2) is 1.90. The Morgan fingerprint density at radius 2 is 1.00 bits per heavy atom. The number of hydrogen-bond donors (Lipinski definition) is 0. The van der Waals surface area contributed by atoms with Crippen molar-refractivity contribution in [1.29, 1.82) is 0 Å². The van der Waals surface area contributed by atoms with Gasteiger partial charge in [-0.2, -0.15) is 0 Å². The summed E-state index contributed by atoms with van der Waals surface area (Å²) >= 11 is 0. The lowest BCUT2D eigenvalue weighted by atomic mass is 9.74. The summed E-state index contributed by atoms with van der Waals surface area (Å²) in [6.45, 7) is 0. The van der Waals surface area contributed by atoms with E-state index in [0.29, 0.717) is 0 Å². The summed E-state index contributed by atoms with van der Waals surface area (Å²) in [4.78, 5) is 0. The second-order valence-corrected chi connectivity index (χ2v) is 10.7. The first-order valence-electron chi connectivity index (χ1n) is 9.70. The van der Waals surface area contributed by atoms with Crippen LogP contribution in [0.4, 0.5) is 0 Å². The number of rotatable bonds is 0. The largest absolute Gasteiger partial charge is 0.0636 e. The van der Waals surface area contributed by atoms with Gasteiger partial charge < -0.3 is 0 Å². The van der Waals surface area contributed by atoms with Crippen LogP contribution in [0.5, 0.6) is 0 Å². The molecule has 10 aliphatic carbocycles. The lowest BCUT2D eigenvalue weighted by Gasteiger charge is -2.30. The maximum Gasteiger partial charge on any atom is -0.0126 e. The molecule has 100 valence electrons. The van der Waals surface area contributed by atoms with E-state index < -0.39 is 0 Å². The normalized spacial score (nSPS) is 92.4. The quantitative estimate of drug-likeness (QED) is 0.587. The van der Waals surface area contributed by atoms with Crippen molar-refractivity contribution in [1.82, 2.24) is 0 Å². The van der Waals surface area contributed by atoms with Crippen molar-refractivity contribution in [2.24, 2.45) is 94.7 Å². The third-order valence-corrected chi connectivity index (χ3v) is 11.9. The van der Waals surface area contributed by atoms with Crippen molar-refractivity contribution in [3.05, 3.63) is 11.1 Å². The Labute approximate surface area is 119 Å². The first kappa shape index (κ1) is 8.39. The smallest absolute Gasteiger partial charge is 0.0126 e. The molecule has 0 radical (unpaired) electrons. The maximum atomic E-state index is 2.21.